The lowest BCUT2D eigenvalue weighted by Gasteiger charge is -2.22. The molecule has 0 aromatic heterocycles. The zero-order chi connectivity index (χ0) is 41.0. The van der Waals surface area contributed by atoms with Crippen molar-refractivity contribution >= 4 is 53.9 Å². The van der Waals surface area contributed by atoms with E-state index in [2.05, 4.69) is 243 Å². The Balaban J connectivity index is 1.25. The van der Waals surface area contributed by atoms with Crippen LogP contribution in [0.5, 0.6) is 0 Å². The summed E-state index contributed by atoms with van der Waals surface area (Å²) in [7, 11) is 0. The lowest BCUT2D eigenvalue weighted by atomic mass is 9.80. The Morgan fingerprint density at radius 2 is 0.516 bits per heavy atom. The van der Waals surface area contributed by atoms with Gasteiger partial charge < -0.3 is 0 Å². The molecule has 0 saturated heterocycles. The van der Waals surface area contributed by atoms with Crippen molar-refractivity contribution in [2.45, 2.75) is 0 Å². The van der Waals surface area contributed by atoms with Crippen LogP contribution in [0.3, 0.4) is 0 Å². The van der Waals surface area contributed by atoms with Crippen molar-refractivity contribution in [2.24, 2.45) is 0 Å². The van der Waals surface area contributed by atoms with Gasteiger partial charge in [0.2, 0.25) is 0 Å². The first kappa shape index (κ1) is 35.8. The summed E-state index contributed by atoms with van der Waals surface area (Å²) < 4.78 is 0. The van der Waals surface area contributed by atoms with Gasteiger partial charge in [-0.15, -0.1) is 0 Å². The smallest absolute Gasteiger partial charge is 0.00137 e. The fraction of sp³-hybridized carbons (Fsp3) is 0. The number of hydrogen-bond acceptors (Lipinski definition) is 0. The molecule has 0 aliphatic rings. The summed E-state index contributed by atoms with van der Waals surface area (Å²) in [6.07, 6.45) is 0. The van der Waals surface area contributed by atoms with Gasteiger partial charge in [-0.1, -0.05) is 218 Å². The minimum absolute atomic E-state index is 1.19. The fourth-order valence-corrected chi connectivity index (χ4v) is 9.96. The van der Waals surface area contributed by atoms with Crippen molar-refractivity contribution in [1.29, 1.82) is 0 Å². The molecule has 12 aromatic carbocycles. The van der Waals surface area contributed by atoms with Gasteiger partial charge in [0.25, 0.3) is 0 Å². The molecule has 0 atom stereocenters. The van der Waals surface area contributed by atoms with E-state index in [0.29, 0.717) is 0 Å². The maximum absolute atomic E-state index is 2.48. The molecule has 12 rings (SSSR count). The Morgan fingerprint density at radius 3 is 1.03 bits per heavy atom. The van der Waals surface area contributed by atoms with E-state index in [1.807, 2.05) is 0 Å². The van der Waals surface area contributed by atoms with E-state index >= 15 is 0 Å². The minimum atomic E-state index is 1.19. The minimum Gasteiger partial charge on any atom is -0.0622 e. The Morgan fingerprint density at radius 1 is 0.161 bits per heavy atom. The SMILES string of the molecule is c1ccc(-c2ccccc2-c2ccc3c(c2)c(-c2cccc4ccccc24)c(-c2cccc4ccccc24)c2cc(-c4cc5ccccc5cc4-c4ccccc4)ccc23)cc1. The largest absolute Gasteiger partial charge is 0.0622 e. The summed E-state index contributed by atoms with van der Waals surface area (Å²) in [5.41, 5.74) is 14.7. The zero-order valence-corrected chi connectivity index (χ0v) is 34.1. The molecule has 0 bridgehead atoms. The molecular weight excluding hydrogens is 745 g/mol. The van der Waals surface area contributed by atoms with Crippen molar-refractivity contribution in [3.8, 4) is 66.8 Å². The number of hydrogen-bond donors (Lipinski definition) is 0. The van der Waals surface area contributed by atoms with Crippen molar-refractivity contribution in [3.63, 3.8) is 0 Å². The lowest BCUT2D eigenvalue weighted by Crippen LogP contribution is -1.95. The van der Waals surface area contributed by atoms with E-state index < -0.39 is 0 Å². The van der Waals surface area contributed by atoms with Crippen LogP contribution in [0, 0.1) is 0 Å². The van der Waals surface area contributed by atoms with Gasteiger partial charge in [0.05, 0.1) is 0 Å². The zero-order valence-electron chi connectivity index (χ0n) is 34.1. The van der Waals surface area contributed by atoms with Crippen LogP contribution in [0.25, 0.3) is 121 Å². The molecule has 0 spiro atoms. The van der Waals surface area contributed by atoms with Crippen molar-refractivity contribution in [2.75, 3.05) is 0 Å². The summed E-state index contributed by atoms with van der Waals surface area (Å²) in [6.45, 7) is 0. The third-order valence-electron chi connectivity index (χ3n) is 12.8. The van der Waals surface area contributed by atoms with Crippen LogP contribution < -0.4 is 0 Å². The summed E-state index contributed by atoms with van der Waals surface area (Å²) in [5.74, 6) is 0. The molecule has 0 fully saturated rings. The van der Waals surface area contributed by atoms with Crippen LogP contribution in [0.15, 0.2) is 243 Å². The molecular formula is C62H40. The lowest BCUT2D eigenvalue weighted by molar-refractivity contribution is 1.59. The molecule has 0 N–H and O–H groups in total. The predicted molar refractivity (Wildman–Crippen MR) is 267 cm³/mol. The average molecular weight is 785 g/mol. The van der Waals surface area contributed by atoms with Crippen molar-refractivity contribution in [1.82, 2.24) is 0 Å². The molecule has 0 aliphatic heterocycles. The van der Waals surface area contributed by atoms with Gasteiger partial charge in [-0.3, -0.25) is 0 Å². The van der Waals surface area contributed by atoms with Gasteiger partial charge in [-0.2, -0.15) is 0 Å². The normalized spacial score (nSPS) is 11.5. The second-order valence-electron chi connectivity index (χ2n) is 16.3. The molecule has 0 heterocycles. The van der Waals surface area contributed by atoms with Gasteiger partial charge in [-0.05, 0) is 145 Å². The molecule has 62 heavy (non-hydrogen) atoms. The van der Waals surface area contributed by atoms with Crippen molar-refractivity contribution in [3.05, 3.63) is 243 Å². The molecule has 0 aliphatic carbocycles. The van der Waals surface area contributed by atoms with Gasteiger partial charge in [-0.25, -0.2) is 0 Å². The third-order valence-corrected chi connectivity index (χ3v) is 12.8. The average Bonchev–Trinajstić information content (AvgIpc) is 3.35. The molecule has 0 heteroatoms. The molecule has 288 valence electrons. The van der Waals surface area contributed by atoms with E-state index in [-0.39, 0.29) is 0 Å². The van der Waals surface area contributed by atoms with Crippen LogP contribution in [0.1, 0.15) is 0 Å². The maximum Gasteiger partial charge on any atom is -0.00137 e. The van der Waals surface area contributed by atoms with Crippen LogP contribution in [-0.4, -0.2) is 0 Å². The topological polar surface area (TPSA) is 0 Å². The molecule has 0 nitrogen and oxygen atoms in total. The predicted octanol–water partition coefficient (Wildman–Crippen LogP) is 17.5. The molecule has 0 unspecified atom stereocenters. The molecule has 0 amide bonds. The summed E-state index contributed by atoms with van der Waals surface area (Å²) in [4.78, 5) is 0. The Hall–Kier alpha value is -8.06. The van der Waals surface area contributed by atoms with E-state index in [0.717, 1.165) is 0 Å². The van der Waals surface area contributed by atoms with Crippen LogP contribution >= 0.6 is 0 Å². The van der Waals surface area contributed by atoms with Gasteiger partial charge in [0.1, 0.15) is 0 Å². The number of benzene rings is 12. The highest BCUT2D eigenvalue weighted by atomic mass is 14.3. The Labute approximate surface area is 361 Å². The van der Waals surface area contributed by atoms with Crippen LogP contribution in [0.2, 0.25) is 0 Å². The standard InChI is InChI=1S/C62H40/c1-3-17-41(18-4-1)49-27-13-14-30-52(49)47-33-35-53-54-36-34-48(58-38-46-24-8-7-23-45(46)37-57(58)44-19-5-2-6-20-44)40-60(54)62(56-32-16-26-43-22-10-12-29-51(43)56)61(59(53)39-47)55-31-15-25-42-21-9-11-28-50(42)55/h1-40H. The first-order valence-corrected chi connectivity index (χ1v) is 21.5. The number of rotatable bonds is 6. The fourth-order valence-electron chi connectivity index (χ4n) is 9.96. The molecule has 0 saturated carbocycles. The van der Waals surface area contributed by atoms with Gasteiger partial charge >= 0.3 is 0 Å². The highest BCUT2D eigenvalue weighted by Crippen LogP contribution is 2.50. The van der Waals surface area contributed by atoms with Crippen LogP contribution in [-0.2, 0) is 0 Å². The third kappa shape index (κ3) is 5.99. The van der Waals surface area contributed by atoms with E-state index in [9.17, 15) is 0 Å². The summed E-state index contributed by atoms with van der Waals surface area (Å²) in [6, 6.07) is 89.7. The van der Waals surface area contributed by atoms with Gasteiger partial charge in [0, 0.05) is 0 Å². The first-order chi connectivity index (χ1) is 30.8. The van der Waals surface area contributed by atoms with Gasteiger partial charge in [0.15, 0.2) is 0 Å². The second-order valence-corrected chi connectivity index (χ2v) is 16.3. The van der Waals surface area contributed by atoms with E-state index in [1.165, 1.54) is 121 Å². The summed E-state index contributed by atoms with van der Waals surface area (Å²) >= 11 is 0. The highest BCUT2D eigenvalue weighted by Gasteiger charge is 2.23. The summed E-state index contributed by atoms with van der Waals surface area (Å²) in [5, 5.41) is 12.3. The maximum atomic E-state index is 2.48. The van der Waals surface area contributed by atoms with E-state index in [1.54, 1.807) is 0 Å². The quantitative estimate of drug-likeness (QED) is 0.147. The number of fused-ring (bicyclic) bond motifs is 6. The Bertz CT molecular complexity index is 3660. The highest BCUT2D eigenvalue weighted by molar-refractivity contribution is 6.26. The monoisotopic (exact) mass is 784 g/mol. The van der Waals surface area contributed by atoms with E-state index in [4.69, 9.17) is 0 Å². The van der Waals surface area contributed by atoms with Crippen molar-refractivity contribution < 1.29 is 0 Å². The molecule has 12 aromatic rings. The molecule has 0 radical (unpaired) electrons. The Kier molecular flexibility index (Phi) is 8.61. The van der Waals surface area contributed by atoms with Crippen LogP contribution in [0.4, 0.5) is 0 Å². The second kappa shape index (κ2) is 14.9. The first-order valence-electron chi connectivity index (χ1n) is 21.5.